The van der Waals surface area contributed by atoms with E-state index in [4.69, 9.17) is 32.7 Å². The molecule has 2 aromatic rings. The molecule has 1 aliphatic rings. The molecule has 0 saturated heterocycles. The molecule has 0 atom stereocenters. The number of urea groups is 1. The van der Waals surface area contributed by atoms with Gasteiger partial charge in [0.1, 0.15) is 0 Å². The monoisotopic (exact) mass is 366 g/mol. The molecule has 2 amide bonds. The van der Waals surface area contributed by atoms with Gasteiger partial charge in [-0.1, -0.05) is 29.3 Å². The van der Waals surface area contributed by atoms with Crippen LogP contribution in [-0.4, -0.2) is 24.3 Å². The van der Waals surface area contributed by atoms with E-state index in [2.05, 4.69) is 5.32 Å². The number of benzene rings is 2. The van der Waals surface area contributed by atoms with Crippen LogP contribution in [0.3, 0.4) is 0 Å². The van der Waals surface area contributed by atoms with Crippen LogP contribution in [0.25, 0.3) is 0 Å². The van der Waals surface area contributed by atoms with Gasteiger partial charge in [-0.05, 0) is 42.8 Å². The van der Waals surface area contributed by atoms with Crippen LogP contribution in [0.15, 0.2) is 36.4 Å². The average Bonchev–Trinajstić information content (AvgIpc) is 3.03. The summed E-state index contributed by atoms with van der Waals surface area (Å²) < 4.78 is 10.7. The van der Waals surface area contributed by atoms with Crippen molar-refractivity contribution >= 4 is 34.9 Å². The summed E-state index contributed by atoms with van der Waals surface area (Å²) in [5, 5.41) is 3.66. The van der Waals surface area contributed by atoms with Crippen molar-refractivity contribution in [2.45, 2.75) is 13.5 Å². The topological polar surface area (TPSA) is 50.8 Å². The molecular weight excluding hydrogens is 351 g/mol. The summed E-state index contributed by atoms with van der Waals surface area (Å²) in [5.41, 5.74) is 1.56. The van der Waals surface area contributed by atoms with E-state index in [0.717, 1.165) is 11.3 Å². The number of nitrogens with one attached hydrogen (secondary N) is 1. The number of fused-ring (bicyclic) bond motifs is 1. The summed E-state index contributed by atoms with van der Waals surface area (Å²) in [6.07, 6.45) is 0. The lowest BCUT2D eigenvalue weighted by atomic mass is 10.2. The number of rotatable bonds is 4. The molecule has 24 heavy (non-hydrogen) atoms. The number of hydrogen-bond acceptors (Lipinski definition) is 3. The normalized spacial score (nSPS) is 12.1. The van der Waals surface area contributed by atoms with Gasteiger partial charge in [0.05, 0.1) is 10.0 Å². The summed E-state index contributed by atoms with van der Waals surface area (Å²) in [4.78, 5) is 14.1. The molecule has 1 N–H and O–H groups in total. The molecule has 5 nitrogen and oxygen atoms in total. The van der Waals surface area contributed by atoms with Crippen LogP contribution < -0.4 is 14.8 Å². The Labute approximate surface area is 150 Å². The van der Waals surface area contributed by atoms with Crippen molar-refractivity contribution in [3.8, 4) is 11.5 Å². The predicted molar refractivity (Wildman–Crippen MR) is 94.1 cm³/mol. The van der Waals surface area contributed by atoms with Crippen molar-refractivity contribution in [3.63, 3.8) is 0 Å². The van der Waals surface area contributed by atoms with Crippen LogP contribution in [0.1, 0.15) is 12.5 Å². The standard InChI is InChI=1S/C17H16Cl2N2O3/c1-2-21(9-11-3-6-15-16(7-11)24-10-23-15)17(22)20-12-4-5-13(18)14(19)8-12/h3-8H,2,9-10H2,1H3,(H,20,22). The first-order valence-electron chi connectivity index (χ1n) is 7.46. The van der Waals surface area contributed by atoms with Crippen molar-refractivity contribution in [1.29, 1.82) is 0 Å². The molecule has 0 bridgehead atoms. The maximum absolute atomic E-state index is 12.5. The van der Waals surface area contributed by atoms with Crippen molar-refractivity contribution in [2.75, 3.05) is 18.7 Å². The fourth-order valence-corrected chi connectivity index (χ4v) is 2.66. The summed E-state index contributed by atoms with van der Waals surface area (Å²) in [5.74, 6) is 1.43. The molecule has 0 aliphatic carbocycles. The highest BCUT2D eigenvalue weighted by Crippen LogP contribution is 2.33. The highest BCUT2D eigenvalue weighted by Gasteiger charge is 2.17. The first kappa shape index (κ1) is 16.7. The number of carbonyl (C=O) groups is 1. The van der Waals surface area contributed by atoms with E-state index in [9.17, 15) is 4.79 Å². The van der Waals surface area contributed by atoms with E-state index in [1.54, 1.807) is 23.1 Å². The molecule has 126 valence electrons. The third-order valence-electron chi connectivity index (χ3n) is 3.65. The Hall–Kier alpha value is -2.11. The molecule has 1 heterocycles. The minimum Gasteiger partial charge on any atom is -0.454 e. The third kappa shape index (κ3) is 3.68. The van der Waals surface area contributed by atoms with E-state index in [1.165, 1.54) is 0 Å². The van der Waals surface area contributed by atoms with Crippen LogP contribution in [0.2, 0.25) is 10.0 Å². The first-order valence-corrected chi connectivity index (χ1v) is 8.22. The van der Waals surface area contributed by atoms with E-state index < -0.39 is 0 Å². The van der Waals surface area contributed by atoms with Crippen molar-refractivity contribution in [2.24, 2.45) is 0 Å². The minimum atomic E-state index is -0.214. The summed E-state index contributed by atoms with van der Waals surface area (Å²) in [6, 6.07) is 10.4. The zero-order valence-corrected chi connectivity index (χ0v) is 14.5. The number of ether oxygens (including phenoxy) is 2. The smallest absolute Gasteiger partial charge is 0.322 e. The Morgan fingerprint density at radius 2 is 1.92 bits per heavy atom. The Kier molecular flexibility index (Phi) is 5.02. The van der Waals surface area contributed by atoms with Crippen LogP contribution in [0.5, 0.6) is 11.5 Å². The number of halogens is 2. The van der Waals surface area contributed by atoms with Crippen LogP contribution in [0, 0.1) is 0 Å². The predicted octanol–water partition coefficient (Wildman–Crippen LogP) is 4.78. The lowest BCUT2D eigenvalue weighted by molar-refractivity contribution is 0.174. The van der Waals surface area contributed by atoms with Gasteiger partial charge in [-0.25, -0.2) is 4.79 Å². The zero-order chi connectivity index (χ0) is 17.1. The second-order valence-corrected chi connectivity index (χ2v) is 6.08. The zero-order valence-electron chi connectivity index (χ0n) is 13.0. The van der Waals surface area contributed by atoms with E-state index in [1.807, 2.05) is 25.1 Å². The first-order chi connectivity index (χ1) is 11.6. The van der Waals surface area contributed by atoms with E-state index in [0.29, 0.717) is 34.6 Å². The van der Waals surface area contributed by atoms with E-state index >= 15 is 0 Å². The van der Waals surface area contributed by atoms with Gasteiger partial charge in [0.25, 0.3) is 0 Å². The third-order valence-corrected chi connectivity index (χ3v) is 4.39. The maximum atomic E-state index is 12.5. The molecule has 0 unspecified atom stereocenters. The molecule has 0 fully saturated rings. The number of nitrogens with zero attached hydrogens (tertiary/aromatic N) is 1. The van der Waals surface area contributed by atoms with Gasteiger partial charge in [0.2, 0.25) is 6.79 Å². The van der Waals surface area contributed by atoms with Crippen LogP contribution in [0.4, 0.5) is 10.5 Å². The molecule has 3 rings (SSSR count). The fraction of sp³-hybridized carbons (Fsp3) is 0.235. The van der Waals surface area contributed by atoms with Gasteiger partial charge in [-0.15, -0.1) is 0 Å². The molecule has 7 heteroatoms. The molecule has 0 aromatic heterocycles. The van der Waals surface area contributed by atoms with Gasteiger partial charge >= 0.3 is 6.03 Å². The minimum absolute atomic E-state index is 0.214. The largest absolute Gasteiger partial charge is 0.454 e. The van der Waals surface area contributed by atoms with Gasteiger partial charge in [-0.2, -0.15) is 0 Å². The van der Waals surface area contributed by atoms with Crippen LogP contribution >= 0.6 is 23.2 Å². The quantitative estimate of drug-likeness (QED) is 0.847. The second-order valence-electron chi connectivity index (χ2n) is 5.26. The Morgan fingerprint density at radius 3 is 2.67 bits per heavy atom. The Bertz CT molecular complexity index is 767. The SMILES string of the molecule is CCN(Cc1ccc2c(c1)OCO2)C(=O)Nc1ccc(Cl)c(Cl)c1. The molecule has 2 aromatic carbocycles. The summed E-state index contributed by atoms with van der Waals surface area (Å²) in [6.45, 7) is 3.16. The Morgan fingerprint density at radius 1 is 1.12 bits per heavy atom. The number of amides is 2. The maximum Gasteiger partial charge on any atom is 0.322 e. The van der Waals surface area contributed by atoms with Gasteiger partial charge < -0.3 is 19.7 Å². The lowest BCUT2D eigenvalue weighted by Gasteiger charge is -2.21. The molecule has 0 saturated carbocycles. The fourth-order valence-electron chi connectivity index (χ4n) is 2.36. The molecule has 0 radical (unpaired) electrons. The number of anilines is 1. The van der Waals surface area contributed by atoms with Gasteiger partial charge in [0.15, 0.2) is 11.5 Å². The lowest BCUT2D eigenvalue weighted by Crippen LogP contribution is -2.34. The summed E-state index contributed by atoms with van der Waals surface area (Å²) in [7, 11) is 0. The molecule has 0 spiro atoms. The van der Waals surface area contributed by atoms with Crippen molar-refractivity contribution in [3.05, 3.63) is 52.0 Å². The summed E-state index contributed by atoms with van der Waals surface area (Å²) >= 11 is 11.9. The Balaban J connectivity index is 1.68. The number of hydrogen-bond donors (Lipinski definition) is 1. The molecule has 1 aliphatic heterocycles. The highest BCUT2D eigenvalue weighted by atomic mass is 35.5. The highest BCUT2D eigenvalue weighted by molar-refractivity contribution is 6.42. The number of carbonyl (C=O) groups excluding carboxylic acids is 1. The van der Waals surface area contributed by atoms with Crippen LogP contribution in [-0.2, 0) is 6.54 Å². The van der Waals surface area contributed by atoms with E-state index in [-0.39, 0.29) is 12.8 Å². The van der Waals surface area contributed by atoms with Gasteiger partial charge in [-0.3, -0.25) is 0 Å². The van der Waals surface area contributed by atoms with Crippen molar-refractivity contribution in [1.82, 2.24) is 4.90 Å². The second kappa shape index (κ2) is 7.20. The van der Waals surface area contributed by atoms with Gasteiger partial charge in [0, 0.05) is 18.8 Å². The van der Waals surface area contributed by atoms with Crippen molar-refractivity contribution < 1.29 is 14.3 Å². The average molecular weight is 367 g/mol. The molecular formula is C17H16Cl2N2O3.